The third-order valence-electron chi connectivity index (χ3n) is 3.34. The lowest BCUT2D eigenvalue weighted by Crippen LogP contribution is -2.34. The Bertz CT molecular complexity index is 431. The maximum absolute atomic E-state index is 9.18. The minimum Gasteiger partial charge on any atom is -0.497 e. The van der Waals surface area contributed by atoms with Gasteiger partial charge in [0.2, 0.25) is 0 Å². The van der Waals surface area contributed by atoms with E-state index in [1.54, 1.807) is 14.2 Å². The van der Waals surface area contributed by atoms with Gasteiger partial charge in [-0.2, -0.15) is 5.26 Å². The molecule has 3 nitrogen and oxygen atoms in total. The van der Waals surface area contributed by atoms with Crippen LogP contribution in [0.3, 0.4) is 0 Å². The van der Waals surface area contributed by atoms with Crippen LogP contribution in [0.15, 0.2) is 24.3 Å². The van der Waals surface area contributed by atoms with E-state index in [1.165, 1.54) is 5.56 Å². The average molecular weight is 247 g/mol. The zero-order valence-electron chi connectivity index (χ0n) is 11.8. The standard InChI is InChI=1S/C15H21NO2/c1-14(2,10-15(3,11-16)18-5)12-6-8-13(17-4)9-7-12/h6-9H,10H2,1-5H3. The third-order valence-corrected chi connectivity index (χ3v) is 3.34. The zero-order chi connectivity index (χ0) is 13.8. The number of nitriles is 1. The Hall–Kier alpha value is -1.53. The number of methoxy groups -OCH3 is 2. The van der Waals surface area contributed by atoms with Crippen LogP contribution in [-0.2, 0) is 10.2 Å². The van der Waals surface area contributed by atoms with Crippen molar-refractivity contribution >= 4 is 0 Å². The largest absolute Gasteiger partial charge is 0.497 e. The van der Waals surface area contributed by atoms with Crippen molar-refractivity contribution in [3.05, 3.63) is 29.8 Å². The molecule has 0 aromatic heterocycles. The van der Waals surface area contributed by atoms with Crippen molar-refractivity contribution in [2.45, 2.75) is 38.2 Å². The van der Waals surface area contributed by atoms with Crippen LogP contribution in [0.1, 0.15) is 32.8 Å². The Kier molecular flexibility index (Phi) is 4.37. The van der Waals surface area contributed by atoms with Crippen LogP contribution in [-0.4, -0.2) is 19.8 Å². The summed E-state index contributed by atoms with van der Waals surface area (Å²) in [5, 5.41) is 9.18. The van der Waals surface area contributed by atoms with E-state index in [1.807, 2.05) is 31.2 Å². The second kappa shape index (κ2) is 5.41. The molecular weight excluding hydrogens is 226 g/mol. The number of ether oxygens (including phenoxy) is 2. The summed E-state index contributed by atoms with van der Waals surface area (Å²) in [5.74, 6) is 0.837. The van der Waals surface area contributed by atoms with E-state index in [9.17, 15) is 5.26 Å². The highest BCUT2D eigenvalue weighted by Gasteiger charge is 2.33. The van der Waals surface area contributed by atoms with Crippen LogP contribution >= 0.6 is 0 Å². The highest BCUT2D eigenvalue weighted by Crippen LogP contribution is 2.34. The molecule has 0 fully saturated rings. The molecule has 3 heteroatoms. The molecule has 0 spiro atoms. The fourth-order valence-corrected chi connectivity index (χ4v) is 2.14. The van der Waals surface area contributed by atoms with Crippen molar-refractivity contribution in [2.24, 2.45) is 0 Å². The minimum atomic E-state index is -0.760. The van der Waals surface area contributed by atoms with Crippen LogP contribution in [0.5, 0.6) is 5.75 Å². The number of nitrogens with zero attached hydrogens (tertiary/aromatic N) is 1. The molecule has 0 aliphatic carbocycles. The normalized spacial score (nSPS) is 14.7. The van der Waals surface area contributed by atoms with Crippen LogP contribution in [0.4, 0.5) is 0 Å². The van der Waals surface area contributed by atoms with E-state index in [-0.39, 0.29) is 5.41 Å². The van der Waals surface area contributed by atoms with E-state index in [2.05, 4.69) is 19.9 Å². The van der Waals surface area contributed by atoms with Crippen LogP contribution in [0.2, 0.25) is 0 Å². The van der Waals surface area contributed by atoms with Gasteiger partial charge in [-0.3, -0.25) is 0 Å². The molecular formula is C15H21NO2. The number of benzene rings is 1. The van der Waals surface area contributed by atoms with Crippen LogP contribution in [0, 0.1) is 11.3 Å². The molecule has 98 valence electrons. The van der Waals surface area contributed by atoms with E-state index in [4.69, 9.17) is 9.47 Å². The van der Waals surface area contributed by atoms with Gasteiger partial charge in [-0.05, 0) is 36.5 Å². The molecule has 1 aromatic carbocycles. The maximum Gasteiger partial charge on any atom is 0.151 e. The van der Waals surface area contributed by atoms with Gasteiger partial charge in [0.1, 0.15) is 5.75 Å². The summed E-state index contributed by atoms with van der Waals surface area (Å²) in [6, 6.07) is 10.2. The first kappa shape index (κ1) is 14.5. The molecule has 1 unspecified atom stereocenters. The zero-order valence-corrected chi connectivity index (χ0v) is 11.8. The molecule has 1 aromatic rings. The third kappa shape index (κ3) is 3.24. The first-order chi connectivity index (χ1) is 8.37. The molecule has 0 saturated heterocycles. The lowest BCUT2D eigenvalue weighted by molar-refractivity contribution is 0.0317. The first-order valence-corrected chi connectivity index (χ1v) is 5.98. The van der Waals surface area contributed by atoms with Crippen molar-refractivity contribution in [1.29, 1.82) is 5.26 Å². The first-order valence-electron chi connectivity index (χ1n) is 5.98. The Labute approximate surface area is 109 Å². The molecule has 0 saturated carbocycles. The Morgan fingerprint density at radius 1 is 1.11 bits per heavy atom. The molecule has 18 heavy (non-hydrogen) atoms. The predicted molar refractivity (Wildman–Crippen MR) is 71.7 cm³/mol. The second-order valence-corrected chi connectivity index (χ2v) is 5.34. The Morgan fingerprint density at radius 2 is 1.67 bits per heavy atom. The molecule has 0 amide bonds. The van der Waals surface area contributed by atoms with Gasteiger partial charge in [-0.25, -0.2) is 0 Å². The second-order valence-electron chi connectivity index (χ2n) is 5.34. The molecule has 0 N–H and O–H groups in total. The predicted octanol–water partition coefficient (Wildman–Crippen LogP) is 3.29. The summed E-state index contributed by atoms with van der Waals surface area (Å²) in [6.07, 6.45) is 0.638. The van der Waals surface area contributed by atoms with E-state index in [0.717, 1.165) is 5.75 Å². The topological polar surface area (TPSA) is 42.2 Å². The van der Waals surface area contributed by atoms with E-state index < -0.39 is 5.60 Å². The molecule has 1 atom stereocenters. The van der Waals surface area contributed by atoms with Gasteiger partial charge in [-0.1, -0.05) is 26.0 Å². The SMILES string of the molecule is COc1ccc(C(C)(C)CC(C)(C#N)OC)cc1. The minimum absolute atomic E-state index is 0.132. The fraction of sp³-hybridized carbons (Fsp3) is 0.533. The summed E-state index contributed by atoms with van der Waals surface area (Å²) in [6.45, 7) is 6.05. The van der Waals surface area contributed by atoms with Gasteiger partial charge in [0, 0.05) is 7.11 Å². The number of hydrogen-bond acceptors (Lipinski definition) is 3. The molecule has 0 aliphatic heterocycles. The summed E-state index contributed by atoms with van der Waals surface area (Å²) in [5.41, 5.74) is 0.276. The Balaban J connectivity index is 2.95. The molecule has 0 heterocycles. The number of rotatable bonds is 5. The molecule has 0 radical (unpaired) electrons. The van der Waals surface area contributed by atoms with Gasteiger partial charge < -0.3 is 9.47 Å². The van der Waals surface area contributed by atoms with Crippen molar-refractivity contribution in [3.63, 3.8) is 0 Å². The van der Waals surface area contributed by atoms with Crippen LogP contribution in [0.25, 0.3) is 0 Å². The average Bonchev–Trinajstić information content (AvgIpc) is 2.38. The smallest absolute Gasteiger partial charge is 0.151 e. The monoisotopic (exact) mass is 247 g/mol. The van der Waals surface area contributed by atoms with E-state index in [0.29, 0.717) is 6.42 Å². The molecule has 1 rings (SSSR count). The molecule has 0 aliphatic rings. The van der Waals surface area contributed by atoms with Gasteiger partial charge in [0.15, 0.2) is 5.60 Å². The quantitative estimate of drug-likeness (QED) is 0.801. The van der Waals surface area contributed by atoms with Gasteiger partial charge >= 0.3 is 0 Å². The summed E-state index contributed by atoms with van der Waals surface area (Å²) < 4.78 is 10.5. The van der Waals surface area contributed by atoms with Crippen LogP contribution < -0.4 is 4.74 Å². The maximum atomic E-state index is 9.18. The summed E-state index contributed by atoms with van der Waals surface area (Å²) in [7, 11) is 3.23. The highest BCUT2D eigenvalue weighted by atomic mass is 16.5. The van der Waals surface area contributed by atoms with Crippen molar-refractivity contribution in [2.75, 3.05) is 14.2 Å². The fourth-order valence-electron chi connectivity index (χ4n) is 2.14. The van der Waals surface area contributed by atoms with Gasteiger partial charge in [0.05, 0.1) is 13.2 Å². The molecule has 0 bridgehead atoms. The summed E-state index contributed by atoms with van der Waals surface area (Å²) >= 11 is 0. The summed E-state index contributed by atoms with van der Waals surface area (Å²) in [4.78, 5) is 0. The lowest BCUT2D eigenvalue weighted by atomic mass is 9.76. The number of hydrogen-bond donors (Lipinski definition) is 0. The van der Waals surface area contributed by atoms with Gasteiger partial charge in [-0.15, -0.1) is 0 Å². The van der Waals surface area contributed by atoms with E-state index >= 15 is 0 Å². The van der Waals surface area contributed by atoms with Crippen molar-refractivity contribution < 1.29 is 9.47 Å². The lowest BCUT2D eigenvalue weighted by Gasteiger charge is -2.32. The van der Waals surface area contributed by atoms with Gasteiger partial charge in [0.25, 0.3) is 0 Å². The van der Waals surface area contributed by atoms with Crippen molar-refractivity contribution in [3.8, 4) is 11.8 Å². The highest BCUT2D eigenvalue weighted by molar-refractivity contribution is 5.32. The van der Waals surface area contributed by atoms with Crippen molar-refractivity contribution in [1.82, 2.24) is 0 Å². The Morgan fingerprint density at radius 3 is 2.06 bits per heavy atom.